The highest BCUT2D eigenvalue weighted by molar-refractivity contribution is 6.01. The Labute approximate surface area is 169 Å². The van der Waals surface area contributed by atoms with Crippen LogP contribution in [0.15, 0.2) is 53.6 Å². The molecular formula is C21H24N4O4. The van der Waals surface area contributed by atoms with Gasteiger partial charge in [-0.15, -0.1) is 0 Å². The van der Waals surface area contributed by atoms with Crippen LogP contribution in [0.5, 0.6) is 0 Å². The van der Waals surface area contributed by atoms with E-state index in [9.17, 15) is 19.7 Å². The number of anilines is 1. The van der Waals surface area contributed by atoms with E-state index in [1.807, 2.05) is 0 Å². The summed E-state index contributed by atoms with van der Waals surface area (Å²) in [6.45, 7) is 3.78. The van der Waals surface area contributed by atoms with Gasteiger partial charge in [-0.05, 0) is 55.3 Å². The predicted octanol–water partition coefficient (Wildman–Crippen LogP) is 4.27. The summed E-state index contributed by atoms with van der Waals surface area (Å²) >= 11 is 0. The molecule has 0 aliphatic carbocycles. The van der Waals surface area contributed by atoms with Crippen molar-refractivity contribution in [3.8, 4) is 0 Å². The lowest BCUT2D eigenvalue weighted by molar-refractivity contribution is -0.384. The van der Waals surface area contributed by atoms with Gasteiger partial charge >= 0.3 is 0 Å². The lowest BCUT2D eigenvalue weighted by Gasteiger charge is -2.06. The molecule has 0 fully saturated rings. The molecule has 2 rings (SSSR count). The van der Waals surface area contributed by atoms with E-state index in [0.717, 1.165) is 19.3 Å². The van der Waals surface area contributed by atoms with Crippen molar-refractivity contribution in [2.45, 2.75) is 39.5 Å². The van der Waals surface area contributed by atoms with Crippen LogP contribution >= 0.6 is 0 Å². The van der Waals surface area contributed by atoms with E-state index in [1.165, 1.54) is 12.1 Å². The topological polar surface area (TPSA) is 114 Å². The van der Waals surface area contributed by atoms with Crippen molar-refractivity contribution in [3.63, 3.8) is 0 Å². The van der Waals surface area contributed by atoms with Crippen molar-refractivity contribution in [2.24, 2.45) is 5.10 Å². The number of carbonyl (C=O) groups is 2. The number of nitrogens with zero attached hydrogens (tertiary/aromatic N) is 2. The van der Waals surface area contributed by atoms with Gasteiger partial charge in [0, 0.05) is 29.8 Å². The number of unbranched alkanes of at least 4 members (excludes halogenated alkanes) is 2. The van der Waals surface area contributed by atoms with Gasteiger partial charge in [-0.1, -0.05) is 19.8 Å². The maximum atomic E-state index is 12.2. The molecule has 0 aliphatic rings. The zero-order valence-electron chi connectivity index (χ0n) is 16.5. The highest BCUT2D eigenvalue weighted by Crippen LogP contribution is 2.13. The first-order valence-electron chi connectivity index (χ1n) is 9.40. The molecule has 0 aliphatic heterocycles. The summed E-state index contributed by atoms with van der Waals surface area (Å²) in [6, 6.07) is 12.4. The Morgan fingerprint density at radius 2 is 1.62 bits per heavy atom. The minimum absolute atomic E-state index is 0.0110. The molecule has 0 atom stereocenters. The Morgan fingerprint density at radius 3 is 2.21 bits per heavy atom. The van der Waals surface area contributed by atoms with Crippen LogP contribution in [0.2, 0.25) is 0 Å². The Bertz CT molecular complexity index is 890. The van der Waals surface area contributed by atoms with Crippen LogP contribution in [-0.2, 0) is 4.79 Å². The summed E-state index contributed by atoms with van der Waals surface area (Å²) in [5, 5.41) is 17.5. The maximum Gasteiger partial charge on any atom is 0.271 e. The Balaban J connectivity index is 1.92. The normalized spacial score (nSPS) is 11.0. The molecule has 0 saturated heterocycles. The fraction of sp³-hybridized carbons (Fsp3) is 0.286. The van der Waals surface area contributed by atoms with Gasteiger partial charge in [0.05, 0.1) is 10.6 Å². The second kappa shape index (κ2) is 10.7. The number of nitro groups is 1. The molecule has 152 valence electrons. The van der Waals surface area contributed by atoms with Gasteiger partial charge < -0.3 is 5.32 Å². The van der Waals surface area contributed by atoms with Crippen LogP contribution < -0.4 is 10.7 Å². The number of hydrogen-bond acceptors (Lipinski definition) is 5. The third kappa shape index (κ3) is 6.84. The molecule has 29 heavy (non-hydrogen) atoms. The van der Waals surface area contributed by atoms with E-state index in [-0.39, 0.29) is 11.6 Å². The maximum absolute atomic E-state index is 12.2. The Kier molecular flexibility index (Phi) is 8.02. The molecule has 2 amide bonds. The Morgan fingerprint density at radius 1 is 1.00 bits per heavy atom. The highest BCUT2D eigenvalue weighted by atomic mass is 16.6. The van der Waals surface area contributed by atoms with Crippen molar-refractivity contribution in [1.82, 2.24) is 5.43 Å². The molecule has 0 radical (unpaired) electrons. The lowest BCUT2D eigenvalue weighted by Crippen LogP contribution is -2.19. The van der Waals surface area contributed by atoms with Crippen molar-refractivity contribution in [2.75, 3.05) is 5.32 Å². The summed E-state index contributed by atoms with van der Waals surface area (Å²) in [6.07, 6.45) is 3.41. The number of nitro benzene ring substituents is 1. The van der Waals surface area contributed by atoms with Crippen molar-refractivity contribution >= 4 is 28.9 Å². The van der Waals surface area contributed by atoms with E-state index in [1.54, 1.807) is 43.3 Å². The number of carbonyl (C=O) groups excluding carboxylic acids is 2. The van der Waals surface area contributed by atoms with Crippen LogP contribution in [0.3, 0.4) is 0 Å². The second-order valence-electron chi connectivity index (χ2n) is 6.52. The molecule has 0 heterocycles. The first-order chi connectivity index (χ1) is 13.9. The van der Waals surface area contributed by atoms with Crippen LogP contribution in [0, 0.1) is 10.1 Å². The van der Waals surface area contributed by atoms with Gasteiger partial charge in [0.25, 0.3) is 11.6 Å². The molecule has 0 bridgehead atoms. The average molecular weight is 396 g/mol. The zero-order valence-corrected chi connectivity index (χ0v) is 16.5. The average Bonchev–Trinajstić information content (AvgIpc) is 2.72. The SMILES string of the molecule is CCCCCC(=O)Nc1ccc(C(=O)NN=C(C)c2ccc([N+](=O)[O-])cc2)cc1. The fourth-order valence-electron chi connectivity index (χ4n) is 2.55. The quantitative estimate of drug-likeness (QED) is 0.285. The van der Waals surface area contributed by atoms with E-state index in [0.29, 0.717) is 28.9 Å². The molecular weight excluding hydrogens is 372 g/mol. The van der Waals surface area contributed by atoms with Gasteiger partial charge in [0.2, 0.25) is 5.91 Å². The molecule has 8 heteroatoms. The summed E-state index contributed by atoms with van der Waals surface area (Å²) in [5.41, 5.74) is 4.66. The van der Waals surface area contributed by atoms with Crippen LogP contribution in [0.1, 0.15) is 55.5 Å². The fourth-order valence-corrected chi connectivity index (χ4v) is 2.55. The number of benzene rings is 2. The minimum atomic E-state index is -0.477. The molecule has 2 aromatic carbocycles. The summed E-state index contributed by atoms with van der Waals surface area (Å²) in [7, 11) is 0. The van der Waals surface area contributed by atoms with E-state index in [4.69, 9.17) is 0 Å². The molecule has 0 unspecified atom stereocenters. The van der Waals surface area contributed by atoms with Gasteiger partial charge in [-0.3, -0.25) is 19.7 Å². The largest absolute Gasteiger partial charge is 0.326 e. The van der Waals surface area contributed by atoms with Crippen LogP contribution in [0.4, 0.5) is 11.4 Å². The van der Waals surface area contributed by atoms with Crippen LogP contribution in [0.25, 0.3) is 0 Å². The third-order valence-electron chi connectivity index (χ3n) is 4.26. The van der Waals surface area contributed by atoms with Crippen LogP contribution in [-0.4, -0.2) is 22.4 Å². The van der Waals surface area contributed by atoms with E-state index >= 15 is 0 Å². The molecule has 0 saturated carbocycles. The van der Waals surface area contributed by atoms with Gasteiger partial charge in [0.15, 0.2) is 0 Å². The van der Waals surface area contributed by atoms with Crippen molar-refractivity contribution in [1.29, 1.82) is 0 Å². The van der Waals surface area contributed by atoms with Gasteiger partial charge in [-0.2, -0.15) is 5.10 Å². The lowest BCUT2D eigenvalue weighted by atomic mass is 10.1. The zero-order chi connectivity index (χ0) is 21.2. The number of hydrazone groups is 1. The summed E-state index contributed by atoms with van der Waals surface area (Å²) in [4.78, 5) is 34.3. The van der Waals surface area contributed by atoms with E-state index < -0.39 is 10.8 Å². The first kappa shape index (κ1) is 21.7. The number of rotatable bonds is 9. The minimum Gasteiger partial charge on any atom is -0.326 e. The first-order valence-corrected chi connectivity index (χ1v) is 9.40. The third-order valence-corrected chi connectivity index (χ3v) is 4.26. The summed E-state index contributed by atoms with van der Waals surface area (Å²) < 4.78 is 0. The van der Waals surface area contributed by atoms with Gasteiger partial charge in [-0.25, -0.2) is 5.43 Å². The van der Waals surface area contributed by atoms with Gasteiger partial charge in [0.1, 0.15) is 0 Å². The Hall–Kier alpha value is -3.55. The van der Waals surface area contributed by atoms with Crippen molar-refractivity contribution in [3.05, 3.63) is 69.8 Å². The second-order valence-corrected chi connectivity index (χ2v) is 6.52. The smallest absolute Gasteiger partial charge is 0.271 e. The molecule has 2 aromatic rings. The van der Waals surface area contributed by atoms with Crippen molar-refractivity contribution < 1.29 is 14.5 Å². The number of hydrogen-bond donors (Lipinski definition) is 2. The monoisotopic (exact) mass is 396 g/mol. The molecule has 0 aromatic heterocycles. The number of nitrogens with one attached hydrogen (secondary N) is 2. The molecule has 8 nitrogen and oxygen atoms in total. The number of amides is 2. The highest BCUT2D eigenvalue weighted by Gasteiger charge is 2.08. The number of non-ortho nitro benzene ring substituents is 1. The molecule has 2 N–H and O–H groups in total. The predicted molar refractivity (Wildman–Crippen MR) is 112 cm³/mol. The standard InChI is InChI=1S/C21H24N4O4/c1-3-4-5-6-20(26)22-18-11-7-17(8-12-18)21(27)24-23-15(2)16-9-13-19(14-10-16)25(28)29/h7-14H,3-6H2,1-2H3,(H,22,26)(H,24,27). The van der Waals surface area contributed by atoms with E-state index in [2.05, 4.69) is 22.8 Å². The molecule has 0 spiro atoms. The summed E-state index contributed by atoms with van der Waals surface area (Å²) in [5.74, 6) is -0.439.